The van der Waals surface area contributed by atoms with Crippen LogP contribution in [-0.4, -0.2) is 113 Å². The van der Waals surface area contributed by atoms with E-state index in [2.05, 4.69) is 36.9 Å². The van der Waals surface area contributed by atoms with Crippen molar-refractivity contribution >= 4 is 52.7 Å². The number of aromatic nitrogens is 2. The second kappa shape index (κ2) is 13.8. The third kappa shape index (κ3) is 6.77. The summed E-state index contributed by atoms with van der Waals surface area (Å²) in [7, 11) is 1.92. The largest absolute Gasteiger partial charge is 0.398 e. The van der Waals surface area contributed by atoms with Crippen LogP contribution in [0.1, 0.15) is 63.3 Å². The lowest BCUT2D eigenvalue weighted by atomic mass is 9.60. The first-order chi connectivity index (χ1) is 22.3. The summed E-state index contributed by atoms with van der Waals surface area (Å²) in [5, 5.41) is 22.7. The highest BCUT2D eigenvalue weighted by Gasteiger charge is 2.54. The number of carbonyl (C=O) groups is 2. The number of piperazine rings is 1. The molecule has 4 aliphatic rings. The fourth-order valence-electron chi connectivity index (χ4n) is 7.66. The zero-order chi connectivity index (χ0) is 34.3. The number of likely N-dealkylation sites (N-methyl/N-ethyl adjacent to an activating group) is 1. The Bertz CT molecular complexity index is 1540. The third-order valence-electron chi connectivity index (χ3n) is 10.3. The molecule has 3 saturated heterocycles. The summed E-state index contributed by atoms with van der Waals surface area (Å²) >= 11 is 13.3. The summed E-state index contributed by atoms with van der Waals surface area (Å²) in [6, 6.07) is 1.85. The van der Waals surface area contributed by atoms with Gasteiger partial charge in [0.25, 0.3) is 0 Å². The number of aliphatic hydroxyl groups is 1. The van der Waals surface area contributed by atoms with Crippen LogP contribution in [0.15, 0.2) is 18.7 Å². The number of amides is 2. The maximum Gasteiger partial charge on any atom is 0.245 e. The molecule has 0 atom stereocenters. The number of nitrogens with zero attached hydrogens (tertiary/aromatic N) is 6. The van der Waals surface area contributed by atoms with E-state index >= 15 is 0 Å². The monoisotopic (exact) mass is 686 g/mol. The number of halogens is 2. The maximum atomic E-state index is 11.9. The van der Waals surface area contributed by atoms with Gasteiger partial charge in [0.15, 0.2) is 5.82 Å². The third-order valence-corrected chi connectivity index (χ3v) is 11.1. The Labute approximate surface area is 287 Å². The number of piperidine rings is 1. The Morgan fingerprint density at radius 3 is 2.49 bits per heavy atom. The Hall–Kier alpha value is -3.12. The highest BCUT2D eigenvalue weighted by Crippen LogP contribution is 2.56. The number of aliphatic hydroxyl groups excluding tert-OH is 1. The second-order valence-electron chi connectivity index (χ2n) is 14.1. The molecule has 2 amide bonds. The zero-order valence-electron chi connectivity index (χ0n) is 28.0. The lowest BCUT2D eigenvalue weighted by Crippen LogP contribution is -2.63. The van der Waals surface area contributed by atoms with Crippen molar-refractivity contribution in [1.82, 2.24) is 24.5 Å². The van der Waals surface area contributed by atoms with Gasteiger partial charge in [0.1, 0.15) is 0 Å². The number of hydrogen-bond acceptors (Lipinski definition) is 8. The molecule has 0 unspecified atom stereocenters. The average Bonchev–Trinajstić information content (AvgIpc) is 3.30. The number of carbonyl (C=O) groups excluding carboxylic acids is 2. The van der Waals surface area contributed by atoms with Crippen molar-refractivity contribution in [3.05, 3.63) is 40.0 Å². The van der Waals surface area contributed by atoms with Gasteiger partial charge in [-0.3, -0.25) is 19.2 Å². The van der Waals surface area contributed by atoms with Crippen LogP contribution in [0.2, 0.25) is 10.0 Å². The summed E-state index contributed by atoms with van der Waals surface area (Å²) in [6.45, 7) is 15.3. The van der Waals surface area contributed by atoms with Crippen LogP contribution in [0.3, 0.4) is 0 Å². The standard InChI is InChI=1S/C27H34Cl2N6O.C7H14N2O2/c1-5-21(36)33-14-27(15-33)11-17(12-27)35-16(2)22(23-18(13-30)20(31)10-19(28)24(23)29)25(32-35)34-9-7-6-8-26(34,3)4;1-8-2-3-9(4-5-10)7(11)6-8/h5,10,13,17,30H,1,6-9,11-12,14-15,31H2,2-4H3;10H,2-6H2,1H3. The van der Waals surface area contributed by atoms with Crippen LogP contribution in [0.4, 0.5) is 11.5 Å². The van der Waals surface area contributed by atoms with Gasteiger partial charge >= 0.3 is 0 Å². The molecule has 4 heterocycles. The fraction of sp³-hybridized carbons (Fsp3) is 0.588. The first-order valence-corrected chi connectivity index (χ1v) is 17.1. The first-order valence-electron chi connectivity index (χ1n) is 16.4. The Balaban J connectivity index is 0.000000335. The molecular formula is C34H48Cl2N8O3. The number of nitrogen functional groups attached to an aromatic ring is 1. The van der Waals surface area contributed by atoms with Gasteiger partial charge in [0.05, 0.1) is 29.2 Å². The molecule has 6 rings (SSSR count). The van der Waals surface area contributed by atoms with Gasteiger partial charge < -0.3 is 30.9 Å². The Morgan fingerprint density at radius 1 is 1.19 bits per heavy atom. The summed E-state index contributed by atoms with van der Waals surface area (Å²) in [5.41, 5.74) is 9.98. The van der Waals surface area contributed by atoms with Gasteiger partial charge in [-0.2, -0.15) is 5.10 Å². The summed E-state index contributed by atoms with van der Waals surface area (Å²) in [4.78, 5) is 31.0. The van der Waals surface area contributed by atoms with Crippen LogP contribution in [0.5, 0.6) is 0 Å². The van der Waals surface area contributed by atoms with E-state index in [0.717, 1.165) is 75.5 Å². The van der Waals surface area contributed by atoms with E-state index in [1.807, 2.05) is 16.8 Å². The highest BCUT2D eigenvalue weighted by atomic mass is 35.5. The van der Waals surface area contributed by atoms with Crippen LogP contribution < -0.4 is 10.6 Å². The van der Waals surface area contributed by atoms with Crippen LogP contribution in [0, 0.1) is 17.7 Å². The van der Waals surface area contributed by atoms with E-state index in [4.69, 9.17) is 44.6 Å². The predicted molar refractivity (Wildman–Crippen MR) is 189 cm³/mol. The average molecular weight is 688 g/mol. The van der Waals surface area contributed by atoms with Crippen molar-refractivity contribution in [3.8, 4) is 11.1 Å². The predicted octanol–water partition coefficient (Wildman–Crippen LogP) is 4.62. The Kier molecular flexibility index (Phi) is 10.3. The number of anilines is 2. The van der Waals surface area contributed by atoms with Crippen molar-refractivity contribution in [2.24, 2.45) is 5.41 Å². The molecule has 1 aromatic heterocycles. The topological polar surface area (TPSA) is 135 Å². The number of β-amino-alcohol motifs (C(OH)–C–C–N with tert-alkyl or cyclic N) is 1. The molecule has 47 heavy (non-hydrogen) atoms. The van der Waals surface area contributed by atoms with E-state index in [-0.39, 0.29) is 35.4 Å². The lowest BCUT2D eigenvalue weighted by Gasteiger charge is -2.58. The molecule has 3 aliphatic heterocycles. The molecule has 0 bridgehead atoms. The SMILES string of the molecule is C=CC(=O)N1CC2(CC(n3nc(N4CCCCC4(C)C)c(-c4c(Cl)c(Cl)cc(N)c4C=N)c3C)C2)C1.CN1CCN(CCO)C(=O)C1. The van der Waals surface area contributed by atoms with Gasteiger partial charge in [0, 0.05) is 84.5 Å². The molecule has 0 radical (unpaired) electrons. The molecule has 1 aromatic carbocycles. The van der Waals surface area contributed by atoms with E-state index in [9.17, 15) is 9.59 Å². The molecular weight excluding hydrogens is 639 g/mol. The first kappa shape index (κ1) is 35.2. The minimum absolute atomic E-state index is 0.00334. The molecule has 256 valence electrons. The van der Waals surface area contributed by atoms with Crippen molar-refractivity contribution in [2.75, 3.05) is 70.1 Å². The summed E-state index contributed by atoms with van der Waals surface area (Å²) in [6.07, 6.45) is 7.94. The van der Waals surface area contributed by atoms with E-state index < -0.39 is 0 Å². The maximum absolute atomic E-state index is 11.9. The van der Waals surface area contributed by atoms with Crippen molar-refractivity contribution in [3.63, 3.8) is 0 Å². The minimum atomic E-state index is -0.0690. The molecule has 4 N–H and O–H groups in total. The normalized spacial score (nSPS) is 20.7. The summed E-state index contributed by atoms with van der Waals surface area (Å²) in [5.74, 6) is 0.998. The highest BCUT2D eigenvalue weighted by molar-refractivity contribution is 6.44. The molecule has 4 fully saturated rings. The molecule has 1 aliphatic carbocycles. The number of nitrogens with one attached hydrogen (secondary N) is 1. The summed E-state index contributed by atoms with van der Waals surface area (Å²) < 4.78 is 2.14. The van der Waals surface area contributed by atoms with Crippen LogP contribution in [-0.2, 0) is 9.59 Å². The molecule has 1 saturated carbocycles. The molecule has 2 aromatic rings. The van der Waals surface area contributed by atoms with Crippen LogP contribution in [0.25, 0.3) is 11.1 Å². The van der Waals surface area contributed by atoms with E-state index in [1.54, 1.807) is 11.0 Å². The number of likely N-dealkylation sites (tertiary alicyclic amines) is 1. The quantitative estimate of drug-likeness (QED) is 0.220. The molecule has 11 nitrogen and oxygen atoms in total. The van der Waals surface area contributed by atoms with Crippen molar-refractivity contribution < 1.29 is 14.7 Å². The second-order valence-corrected chi connectivity index (χ2v) is 14.9. The van der Waals surface area contributed by atoms with Gasteiger partial charge in [-0.1, -0.05) is 29.8 Å². The number of rotatable bonds is 7. The number of benzene rings is 1. The molecule has 1 spiro atoms. The fourth-order valence-corrected chi connectivity index (χ4v) is 8.12. The van der Waals surface area contributed by atoms with Crippen molar-refractivity contribution in [1.29, 1.82) is 5.41 Å². The van der Waals surface area contributed by atoms with Crippen molar-refractivity contribution in [2.45, 2.75) is 64.5 Å². The smallest absolute Gasteiger partial charge is 0.245 e. The number of nitrogens with two attached hydrogens (primary N) is 1. The Morgan fingerprint density at radius 2 is 1.89 bits per heavy atom. The molecule has 13 heteroatoms. The number of hydrogen-bond donors (Lipinski definition) is 3. The van der Waals surface area contributed by atoms with E-state index in [1.165, 1.54) is 18.7 Å². The van der Waals surface area contributed by atoms with Gasteiger partial charge in [-0.05, 0) is 72.1 Å². The lowest BCUT2D eigenvalue weighted by molar-refractivity contribution is -0.149. The van der Waals surface area contributed by atoms with E-state index in [0.29, 0.717) is 39.9 Å². The van der Waals surface area contributed by atoms with Crippen LogP contribution >= 0.6 is 23.2 Å². The van der Waals surface area contributed by atoms with Gasteiger partial charge in [-0.15, -0.1) is 0 Å². The van der Waals surface area contributed by atoms with Gasteiger partial charge in [0.2, 0.25) is 11.8 Å². The van der Waals surface area contributed by atoms with Gasteiger partial charge in [-0.25, -0.2) is 0 Å². The zero-order valence-corrected chi connectivity index (χ0v) is 29.5. The minimum Gasteiger partial charge on any atom is -0.398 e.